The third kappa shape index (κ3) is 13.5. The highest BCUT2D eigenvalue weighted by Crippen LogP contribution is 2.39. The molecule has 2 saturated heterocycles. The summed E-state index contributed by atoms with van der Waals surface area (Å²) in [5.74, 6) is -1.40. The number of anilines is 4. The fourth-order valence-corrected chi connectivity index (χ4v) is 10.4. The van der Waals surface area contributed by atoms with Crippen LogP contribution < -0.4 is 36.1 Å². The van der Waals surface area contributed by atoms with Gasteiger partial charge in [0.2, 0.25) is 23.7 Å². The number of rotatable bonds is 23. The van der Waals surface area contributed by atoms with Gasteiger partial charge in [-0.2, -0.15) is 4.98 Å². The molecule has 1 aromatic heterocycles. The predicted octanol–water partition coefficient (Wildman–Crippen LogP) is 6.74. The van der Waals surface area contributed by atoms with Crippen LogP contribution in [-0.2, 0) is 29.0 Å². The molecule has 0 radical (unpaired) electrons. The number of hydrogen-bond acceptors (Lipinski definition) is 15. The fraction of sp³-hybridized carbons (Fsp3) is 0.462. The van der Waals surface area contributed by atoms with Crippen molar-refractivity contribution in [2.24, 2.45) is 0 Å². The predicted molar refractivity (Wildman–Crippen MR) is 275 cm³/mol. The van der Waals surface area contributed by atoms with Crippen molar-refractivity contribution < 1.29 is 46.7 Å². The molecule has 7 rings (SSSR count). The van der Waals surface area contributed by atoms with E-state index in [-0.39, 0.29) is 70.0 Å². The van der Waals surface area contributed by atoms with Gasteiger partial charge >= 0.3 is 0 Å². The van der Waals surface area contributed by atoms with Crippen LogP contribution in [0.15, 0.2) is 65.7 Å². The first-order valence-electron chi connectivity index (χ1n) is 24.8. The van der Waals surface area contributed by atoms with Gasteiger partial charge in [-0.15, -0.1) is 0 Å². The molecule has 390 valence electrons. The quantitative estimate of drug-likeness (QED) is 0.0382. The van der Waals surface area contributed by atoms with Gasteiger partial charge in [0.05, 0.1) is 44.9 Å². The monoisotopic (exact) mass is 1040 g/mol. The largest absolute Gasteiger partial charge is 0.489 e. The maximum atomic E-state index is 13.3. The molecule has 1 atom stereocenters. The number of para-hydroxylation sites is 1. The van der Waals surface area contributed by atoms with Gasteiger partial charge < -0.3 is 35.6 Å². The summed E-state index contributed by atoms with van der Waals surface area (Å²) >= 11 is 6.51. The van der Waals surface area contributed by atoms with Crippen molar-refractivity contribution >= 4 is 80.0 Å². The van der Waals surface area contributed by atoms with Crippen molar-refractivity contribution in [3.8, 4) is 11.5 Å². The Balaban J connectivity index is 0.793. The summed E-state index contributed by atoms with van der Waals surface area (Å²) < 4.78 is 38.2. The number of carbonyl (C=O) groups is 6. The molecule has 3 aliphatic heterocycles. The Kier molecular flexibility index (Phi) is 18.1. The van der Waals surface area contributed by atoms with Gasteiger partial charge in [-0.1, -0.05) is 42.6 Å². The SMILES string of the molecule is Cc1cc(Nc2ncc(Cl)c(Nc3ccccc3S(=O)(=O)C(C)C)n2)c(OC(C)C)cc1C1CCN(CCC(=O)NCCCCCCNC(=O)COc2cccc3c2C(=O)N(C2CCC(=O)NC2=O)C3=O)CC1. The average Bonchev–Trinajstić information content (AvgIpc) is 3.61. The van der Waals surface area contributed by atoms with Gasteiger partial charge in [0.15, 0.2) is 22.3 Å². The number of aryl methyl sites for hydroxylation is 1. The van der Waals surface area contributed by atoms with E-state index in [4.69, 9.17) is 21.1 Å². The molecule has 3 aromatic carbocycles. The van der Waals surface area contributed by atoms with Crippen LogP contribution in [0.3, 0.4) is 0 Å². The number of carbonyl (C=O) groups excluding carboxylic acids is 6. The number of nitrogens with zero attached hydrogens (tertiary/aromatic N) is 4. The Hall–Kier alpha value is -6.64. The fourth-order valence-electron chi connectivity index (χ4n) is 9.10. The van der Waals surface area contributed by atoms with Crippen molar-refractivity contribution in [2.75, 3.05) is 50.0 Å². The molecule has 4 aromatic rings. The van der Waals surface area contributed by atoms with Gasteiger partial charge in [-0.3, -0.25) is 39.0 Å². The first-order valence-corrected chi connectivity index (χ1v) is 26.8. The molecule has 21 heteroatoms. The number of ether oxygens (including phenoxy) is 2. The Labute approximate surface area is 430 Å². The van der Waals surface area contributed by atoms with E-state index in [2.05, 4.69) is 54.4 Å². The lowest BCUT2D eigenvalue weighted by Crippen LogP contribution is -2.54. The van der Waals surface area contributed by atoms with Crippen LogP contribution >= 0.6 is 11.6 Å². The van der Waals surface area contributed by atoms with Crippen molar-refractivity contribution in [1.82, 2.24) is 35.7 Å². The summed E-state index contributed by atoms with van der Waals surface area (Å²) in [5.41, 5.74) is 3.37. The molecule has 0 saturated carbocycles. The standard InChI is InChI=1S/C52H64ClN9O10S/c1-31(2)72-42-28-36(33(5)27-39(42)58-52-56-29-37(53)48(60-52)57-38-14-8-9-16-43(38)73(69,70)32(3)4)34-19-24-61(25-20-34)26-21-44(63)54-22-10-6-7-11-23-55-46(65)30-71-41-15-12-13-35-47(41)51(68)62(50(35)67)40-17-18-45(64)59-49(40)66/h8-9,12-16,27-29,31-32,34,40H,6-7,10-11,17-26,30H2,1-5H3,(H,54,63)(H,55,65)(H,59,64,66)(H2,56,57,58,60). The second kappa shape index (κ2) is 24.4. The topological polar surface area (TPSA) is 247 Å². The summed E-state index contributed by atoms with van der Waals surface area (Å²) in [6.45, 7) is 12.3. The Morgan fingerprint density at radius 2 is 1.56 bits per heavy atom. The molecule has 19 nitrogen and oxygen atoms in total. The van der Waals surface area contributed by atoms with Gasteiger partial charge in [-0.05, 0) is 133 Å². The minimum Gasteiger partial charge on any atom is -0.489 e. The zero-order chi connectivity index (χ0) is 52.4. The van der Waals surface area contributed by atoms with Crippen LogP contribution in [-0.4, -0.2) is 120 Å². The summed E-state index contributed by atoms with van der Waals surface area (Å²) in [6.07, 6.45) is 6.89. The lowest BCUT2D eigenvalue weighted by molar-refractivity contribution is -0.136. The highest BCUT2D eigenvalue weighted by atomic mass is 35.5. The van der Waals surface area contributed by atoms with E-state index in [9.17, 15) is 37.2 Å². The zero-order valence-electron chi connectivity index (χ0n) is 41.8. The number of benzene rings is 3. The van der Waals surface area contributed by atoms with Crippen LogP contribution in [0.1, 0.15) is 123 Å². The Morgan fingerprint density at radius 1 is 0.849 bits per heavy atom. The highest BCUT2D eigenvalue weighted by Gasteiger charge is 2.46. The normalized spacial score (nSPS) is 16.4. The van der Waals surface area contributed by atoms with Crippen molar-refractivity contribution in [1.29, 1.82) is 0 Å². The van der Waals surface area contributed by atoms with Gasteiger partial charge in [0.25, 0.3) is 17.7 Å². The van der Waals surface area contributed by atoms with Crippen molar-refractivity contribution in [3.63, 3.8) is 0 Å². The lowest BCUT2D eigenvalue weighted by Gasteiger charge is -2.33. The third-order valence-electron chi connectivity index (χ3n) is 13.0. The third-order valence-corrected chi connectivity index (χ3v) is 15.5. The first kappa shape index (κ1) is 54.1. The maximum Gasteiger partial charge on any atom is 0.266 e. The minimum absolute atomic E-state index is 0.00738. The van der Waals surface area contributed by atoms with E-state index in [0.717, 1.165) is 62.1 Å². The molecule has 6 amide bonds. The lowest BCUT2D eigenvalue weighted by atomic mass is 9.86. The highest BCUT2D eigenvalue weighted by molar-refractivity contribution is 7.92. The number of piperidine rings is 2. The summed E-state index contributed by atoms with van der Waals surface area (Å²) in [6, 6.07) is 14.1. The summed E-state index contributed by atoms with van der Waals surface area (Å²) in [4.78, 5) is 88.0. The number of sulfone groups is 1. The molecule has 4 heterocycles. The van der Waals surface area contributed by atoms with E-state index in [1.54, 1.807) is 38.1 Å². The molecule has 3 aliphatic rings. The molecule has 73 heavy (non-hydrogen) atoms. The van der Waals surface area contributed by atoms with Gasteiger partial charge in [-0.25, -0.2) is 13.4 Å². The van der Waals surface area contributed by atoms with Crippen LogP contribution in [0, 0.1) is 6.92 Å². The second-order valence-corrected chi connectivity index (χ2v) is 21.9. The van der Waals surface area contributed by atoms with Crippen LogP contribution in [0.25, 0.3) is 0 Å². The van der Waals surface area contributed by atoms with E-state index in [1.807, 2.05) is 19.9 Å². The van der Waals surface area contributed by atoms with Crippen molar-refractivity contribution in [3.05, 3.63) is 88.1 Å². The van der Waals surface area contributed by atoms with E-state index in [0.29, 0.717) is 49.1 Å². The molecular formula is C52H64ClN9O10S. The van der Waals surface area contributed by atoms with Gasteiger partial charge in [0, 0.05) is 32.5 Å². The molecule has 0 spiro atoms. The molecule has 5 N–H and O–H groups in total. The molecule has 0 bridgehead atoms. The van der Waals surface area contributed by atoms with Gasteiger partial charge in [0.1, 0.15) is 22.6 Å². The second-order valence-electron chi connectivity index (χ2n) is 19.0. The van der Waals surface area contributed by atoms with Crippen LogP contribution in [0.5, 0.6) is 11.5 Å². The molecular weight excluding hydrogens is 978 g/mol. The average molecular weight is 1040 g/mol. The number of unbranched alkanes of at least 4 members (excludes halogenated alkanes) is 3. The van der Waals surface area contributed by atoms with E-state index < -0.39 is 50.7 Å². The number of halogens is 1. The number of aromatic nitrogens is 2. The van der Waals surface area contributed by atoms with Crippen LogP contribution in [0.2, 0.25) is 5.02 Å². The summed E-state index contributed by atoms with van der Waals surface area (Å²) in [7, 11) is -3.59. The number of fused-ring (bicyclic) bond motifs is 1. The van der Waals surface area contributed by atoms with Crippen molar-refractivity contribution in [2.45, 2.75) is 121 Å². The number of likely N-dealkylation sites (tertiary alicyclic amines) is 1. The number of nitrogens with one attached hydrogen (secondary N) is 5. The summed E-state index contributed by atoms with van der Waals surface area (Å²) in [5, 5.41) is 14.0. The molecule has 2 fully saturated rings. The number of imide groups is 2. The molecule has 0 aliphatic carbocycles. The smallest absolute Gasteiger partial charge is 0.266 e. The Bertz CT molecular complexity index is 2840. The van der Waals surface area contributed by atoms with E-state index in [1.165, 1.54) is 30.0 Å². The number of hydrogen-bond donors (Lipinski definition) is 5. The minimum atomic E-state index is -3.59. The van der Waals surface area contributed by atoms with Crippen LogP contribution in [0.4, 0.5) is 23.1 Å². The molecule has 1 unspecified atom stereocenters. The maximum absolute atomic E-state index is 13.3. The zero-order valence-corrected chi connectivity index (χ0v) is 43.4. The first-order chi connectivity index (χ1) is 34.9. The number of amides is 6. The Morgan fingerprint density at radius 3 is 2.26 bits per heavy atom. The van der Waals surface area contributed by atoms with E-state index >= 15 is 0 Å².